The predicted molar refractivity (Wildman–Crippen MR) is 88.6 cm³/mol. The second-order valence-corrected chi connectivity index (χ2v) is 7.71. The molecule has 1 N–H and O–H groups in total. The quantitative estimate of drug-likeness (QED) is 0.692. The van der Waals surface area contributed by atoms with Crippen LogP contribution in [0.1, 0.15) is 54.5 Å². The van der Waals surface area contributed by atoms with Gasteiger partial charge in [0.05, 0.1) is 5.75 Å². The van der Waals surface area contributed by atoms with Crippen molar-refractivity contribution < 1.29 is 4.79 Å². The number of ketones is 1. The molecule has 1 aromatic carbocycles. The van der Waals surface area contributed by atoms with Crippen molar-refractivity contribution in [3.63, 3.8) is 0 Å². The van der Waals surface area contributed by atoms with E-state index in [9.17, 15) is 4.79 Å². The second kappa shape index (κ2) is 5.88. The molecule has 1 aliphatic rings. The minimum atomic E-state index is -0.0597. The van der Waals surface area contributed by atoms with E-state index in [1.807, 2.05) is 6.07 Å². The standard InChI is InChI=1S/C17H21N3OS/c1-17(2,3)15-18-16(20-19-15)22-10-14(21)13-8-7-11-5-4-6-12(11)9-13/h7-9H,4-6,10H2,1-3H3,(H,18,19,20). The van der Waals surface area contributed by atoms with Crippen LogP contribution in [-0.2, 0) is 18.3 Å². The summed E-state index contributed by atoms with van der Waals surface area (Å²) in [6, 6.07) is 6.11. The summed E-state index contributed by atoms with van der Waals surface area (Å²) in [6.45, 7) is 6.24. The Morgan fingerprint density at radius 1 is 1.27 bits per heavy atom. The van der Waals surface area contributed by atoms with E-state index in [4.69, 9.17) is 0 Å². The van der Waals surface area contributed by atoms with Gasteiger partial charge in [-0.25, -0.2) is 4.98 Å². The van der Waals surface area contributed by atoms with E-state index in [1.54, 1.807) is 0 Å². The highest BCUT2D eigenvalue weighted by Crippen LogP contribution is 2.25. The van der Waals surface area contributed by atoms with Gasteiger partial charge in [-0.15, -0.1) is 5.10 Å². The summed E-state index contributed by atoms with van der Waals surface area (Å²) in [5.74, 6) is 1.36. The number of Topliss-reactive ketones (excluding diaryl/α,β-unsaturated/α-hetero) is 1. The molecular weight excluding hydrogens is 294 g/mol. The van der Waals surface area contributed by atoms with Crippen LogP contribution in [0.5, 0.6) is 0 Å². The SMILES string of the molecule is CC(C)(C)c1nc(SCC(=O)c2ccc3c(c2)CCC3)n[nH]1. The molecule has 0 spiro atoms. The van der Waals surface area contributed by atoms with Crippen LogP contribution in [0.15, 0.2) is 23.4 Å². The normalized spacial score (nSPS) is 14.1. The Kier molecular flexibility index (Phi) is 4.08. The first-order valence-corrected chi connectivity index (χ1v) is 8.63. The molecule has 4 nitrogen and oxygen atoms in total. The zero-order valence-electron chi connectivity index (χ0n) is 13.3. The van der Waals surface area contributed by atoms with E-state index in [0.717, 1.165) is 24.2 Å². The molecule has 0 radical (unpaired) electrons. The number of carbonyl (C=O) groups excluding carboxylic acids is 1. The van der Waals surface area contributed by atoms with Gasteiger partial charge in [0.1, 0.15) is 5.82 Å². The second-order valence-electron chi connectivity index (χ2n) is 6.77. The predicted octanol–water partition coefficient (Wildman–Crippen LogP) is 3.57. The molecule has 0 unspecified atom stereocenters. The van der Waals surface area contributed by atoms with Crippen molar-refractivity contribution >= 4 is 17.5 Å². The zero-order chi connectivity index (χ0) is 15.7. The molecule has 22 heavy (non-hydrogen) atoms. The lowest BCUT2D eigenvalue weighted by molar-refractivity contribution is 0.102. The molecule has 5 heteroatoms. The van der Waals surface area contributed by atoms with Crippen molar-refractivity contribution in [2.45, 2.75) is 50.6 Å². The van der Waals surface area contributed by atoms with Gasteiger partial charge in [-0.2, -0.15) is 0 Å². The van der Waals surface area contributed by atoms with Crippen LogP contribution in [0.4, 0.5) is 0 Å². The van der Waals surface area contributed by atoms with Gasteiger partial charge in [0.2, 0.25) is 5.16 Å². The van der Waals surface area contributed by atoms with E-state index in [2.05, 4.69) is 48.1 Å². The van der Waals surface area contributed by atoms with Gasteiger partial charge in [-0.05, 0) is 36.5 Å². The molecule has 0 fully saturated rings. The number of H-pyrrole nitrogens is 1. The largest absolute Gasteiger partial charge is 0.293 e. The summed E-state index contributed by atoms with van der Waals surface area (Å²) in [5.41, 5.74) is 3.48. The molecule has 0 atom stereocenters. The first-order valence-electron chi connectivity index (χ1n) is 7.64. The van der Waals surface area contributed by atoms with Gasteiger partial charge in [0, 0.05) is 11.0 Å². The van der Waals surface area contributed by atoms with Crippen LogP contribution < -0.4 is 0 Å². The van der Waals surface area contributed by atoms with Gasteiger partial charge in [-0.1, -0.05) is 44.7 Å². The van der Waals surface area contributed by atoms with Crippen molar-refractivity contribution in [1.29, 1.82) is 0 Å². The van der Waals surface area contributed by atoms with E-state index in [0.29, 0.717) is 10.9 Å². The highest BCUT2D eigenvalue weighted by atomic mass is 32.2. The summed E-state index contributed by atoms with van der Waals surface area (Å²) < 4.78 is 0. The third kappa shape index (κ3) is 3.24. The fourth-order valence-corrected chi connectivity index (χ4v) is 3.30. The topological polar surface area (TPSA) is 58.6 Å². The summed E-state index contributed by atoms with van der Waals surface area (Å²) in [5, 5.41) is 7.77. The first-order chi connectivity index (χ1) is 10.4. The molecule has 0 aliphatic heterocycles. The Hall–Kier alpha value is -1.62. The number of hydrogen-bond acceptors (Lipinski definition) is 4. The number of nitrogens with one attached hydrogen (secondary N) is 1. The maximum atomic E-state index is 12.3. The van der Waals surface area contributed by atoms with Gasteiger partial charge in [0.15, 0.2) is 5.78 Å². The Morgan fingerprint density at radius 2 is 2.05 bits per heavy atom. The van der Waals surface area contributed by atoms with Crippen molar-refractivity contribution in [1.82, 2.24) is 15.2 Å². The molecule has 2 aromatic rings. The van der Waals surface area contributed by atoms with Crippen molar-refractivity contribution in [3.8, 4) is 0 Å². The van der Waals surface area contributed by atoms with Crippen molar-refractivity contribution in [2.75, 3.05) is 5.75 Å². The van der Waals surface area contributed by atoms with Crippen LogP contribution in [0.3, 0.4) is 0 Å². The number of fused-ring (bicyclic) bond motifs is 1. The average Bonchev–Trinajstić information content (AvgIpc) is 3.12. The number of aryl methyl sites for hydroxylation is 2. The fraction of sp³-hybridized carbons (Fsp3) is 0.471. The van der Waals surface area contributed by atoms with Gasteiger partial charge in [0.25, 0.3) is 0 Å². The number of thioether (sulfide) groups is 1. The number of rotatable bonds is 4. The van der Waals surface area contributed by atoms with Crippen LogP contribution in [0.25, 0.3) is 0 Å². The summed E-state index contributed by atoms with van der Waals surface area (Å²) in [7, 11) is 0. The lowest BCUT2D eigenvalue weighted by atomic mass is 9.96. The molecule has 0 amide bonds. The van der Waals surface area contributed by atoms with Crippen LogP contribution in [0, 0.1) is 0 Å². The van der Waals surface area contributed by atoms with Crippen LogP contribution in [0.2, 0.25) is 0 Å². The van der Waals surface area contributed by atoms with Gasteiger partial charge >= 0.3 is 0 Å². The molecule has 0 saturated heterocycles. The number of nitrogens with zero attached hydrogens (tertiary/aromatic N) is 2. The van der Waals surface area contributed by atoms with Crippen molar-refractivity contribution in [2.24, 2.45) is 0 Å². The minimum Gasteiger partial charge on any atom is -0.293 e. The van der Waals surface area contributed by atoms with E-state index >= 15 is 0 Å². The Balaban J connectivity index is 1.64. The average molecular weight is 315 g/mol. The third-order valence-corrected chi connectivity index (χ3v) is 4.78. The molecule has 1 aromatic heterocycles. The van der Waals surface area contributed by atoms with Crippen LogP contribution >= 0.6 is 11.8 Å². The molecule has 0 saturated carbocycles. The molecule has 1 aliphatic carbocycles. The Labute approximate surface area is 135 Å². The maximum Gasteiger partial charge on any atom is 0.208 e. The first kappa shape index (κ1) is 15.3. The Bertz CT molecular complexity index is 700. The molecule has 3 rings (SSSR count). The van der Waals surface area contributed by atoms with Gasteiger partial charge < -0.3 is 0 Å². The lowest BCUT2D eigenvalue weighted by Crippen LogP contribution is -2.13. The zero-order valence-corrected chi connectivity index (χ0v) is 14.1. The van der Waals surface area contributed by atoms with E-state index in [-0.39, 0.29) is 11.2 Å². The number of carbonyl (C=O) groups is 1. The molecule has 0 bridgehead atoms. The molecule has 116 valence electrons. The highest BCUT2D eigenvalue weighted by Gasteiger charge is 2.19. The minimum absolute atomic E-state index is 0.0597. The fourth-order valence-electron chi connectivity index (χ4n) is 2.61. The van der Waals surface area contributed by atoms with E-state index < -0.39 is 0 Å². The Morgan fingerprint density at radius 3 is 2.77 bits per heavy atom. The number of aromatic nitrogens is 3. The summed E-state index contributed by atoms with van der Waals surface area (Å²) in [6.07, 6.45) is 3.44. The third-order valence-electron chi connectivity index (χ3n) is 3.93. The monoisotopic (exact) mass is 315 g/mol. The number of hydrogen-bond donors (Lipinski definition) is 1. The molecular formula is C17H21N3OS. The number of benzene rings is 1. The smallest absolute Gasteiger partial charge is 0.208 e. The van der Waals surface area contributed by atoms with Gasteiger partial charge in [-0.3, -0.25) is 9.89 Å². The summed E-state index contributed by atoms with van der Waals surface area (Å²) in [4.78, 5) is 16.8. The lowest BCUT2D eigenvalue weighted by Gasteiger charge is -2.12. The maximum absolute atomic E-state index is 12.3. The van der Waals surface area contributed by atoms with Crippen molar-refractivity contribution in [3.05, 3.63) is 40.7 Å². The number of aromatic amines is 1. The van der Waals surface area contributed by atoms with Crippen LogP contribution in [-0.4, -0.2) is 26.7 Å². The summed E-state index contributed by atoms with van der Waals surface area (Å²) >= 11 is 1.39. The highest BCUT2D eigenvalue weighted by molar-refractivity contribution is 7.99. The molecule has 1 heterocycles. The van der Waals surface area contributed by atoms with E-state index in [1.165, 1.54) is 29.3 Å².